The molecule has 0 aliphatic heterocycles. The number of hydrogen-bond donors (Lipinski definition) is 1. The maximum absolute atomic E-state index is 5.69. The Balaban J connectivity index is 2.98. The van der Waals surface area contributed by atoms with Crippen molar-refractivity contribution < 1.29 is 0 Å². The first kappa shape index (κ1) is 12.9. The number of aromatic nitrogens is 1. The summed E-state index contributed by atoms with van der Waals surface area (Å²) in [5.41, 5.74) is 6.54. The Morgan fingerprint density at radius 1 is 1.62 bits per heavy atom. The highest BCUT2D eigenvalue weighted by atomic mass is 32.1. The van der Waals surface area contributed by atoms with E-state index in [-0.39, 0.29) is 0 Å². The van der Waals surface area contributed by atoms with E-state index in [1.54, 1.807) is 6.20 Å². The fraction of sp³-hybridized carbons (Fsp3) is 0.500. The van der Waals surface area contributed by atoms with Gasteiger partial charge in [-0.2, -0.15) is 0 Å². The van der Waals surface area contributed by atoms with E-state index in [0.717, 1.165) is 24.2 Å². The molecule has 0 saturated heterocycles. The molecular formula is C12H19N3S. The second-order valence-electron chi connectivity index (χ2n) is 3.99. The van der Waals surface area contributed by atoms with E-state index in [2.05, 4.69) is 23.7 Å². The van der Waals surface area contributed by atoms with Gasteiger partial charge >= 0.3 is 0 Å². The molecule has 0 amide bonds. The van der Waals surface area contributed by atoms with E-state index in [1.165, 1.54) is 0 Å². The summed E-state index contributed by atoms with van der Waals surface area (Å²) in [5, 5.41) is 0. The number of nitrogens with zero attached hydrogens (tertiary/aromatic N) is 2. The molecule has 88 valence electrons. The lowest BCUT2D eigenvalue weighted by Crippen LogP contribution is -2.31. The minimum Gasteiger partial charge on any atom is -0.389 e. The monoisotopic (exact) mass is 237 g/mol. The molecule has 2 N–H and O–H groups in total. The van der Waals surface area contributed by atoms with E-state index >= 15 is 0 Å². The molecule has 1 heterocycles. The normalized spacial score (nSPS) is 12.2. The highest BCUT2D eigenvalue weighted by Gasteiger charge is 2.14. The average Bonchev–Trinajstić information content (AvgIpc) is 2.28. The molecule has 1 atom stereocenters. The predicted molar refractivity (Wildman–Crippen MR) is 72.9 cm³/mol. The van der Waals surface area contributed by atoms with Gasteiger partial charge in [0.05, 0.1) is 5.56 Å². The van der Waals surface area contributed by atoms with Crippen LogP contribution in [0.1, 0.15) is 32.3 Å². The van der Waals surface area contributed by atoms with Gasteiger partial charge in [-0.3, -0.25) is 0 Å². The van der Waals surface area contributed by atoms with Crippen LogP contribution in [0.2, 0.25) is 0 Å². The summed E-state index contributed by atoms with van der Waals surface area (Å²) >= 11 is 5.03. The highest BCUT2D eigenvalue weighted by Crippen LogP contribution is 2.19. The van der Waals surface area contributed by atoms with Crippen LogP contribution < -0.4 is 10.6 Å². The molecule has 4 heteroatoms. The Bertz CT molecular complexity index is 365. The fourth-order valence-electron chi connectivity index (χ4n) is 1.69. The van der Waals surface area contributed by atoms with Crippen LogP contribution in [-0.4, -0.2) is 23.1 Å². The maximum atomic E-state index is 5.69. The van der Waals surface area contributed by atoms with E-state index < -0.39 is 0 Å². The molecule has 1 aromatic rings. The third kappa shape index (κ3) is 2.92. The molecule has 3 nitrogen and oxygen atoms in total. The van der Waals surface area contributed by atoms with Crippen LogP contribution in [0.25, 0.3) is 0 Å². The van der Waals surface area contributed by atoms with Crippen molar-refractivity contribution in [2.45, 2.75) is 32.7 Å². The summed E-state index contributed by atoms with van der Waals surface area (Å²) in [6.07, 6.45) is 4.05. The molecule has 0 aromatic carbocycles. The quantitative estimate of drug-likeness (QED) is 0.798. The molecule has 0 radical (unpaired) electrons. The van der Waals surface area contributed by atoms with Crippen molar-refractivity contribution in [1.82, 2.24) is 4.98 Å². The van der Waals surface area contributed by atoms with Crippen LogP contribution in [0, 0.1) is 0 Å². The summed E-state index contributed by atoms with van der Waals surface area (Å²) in [6.45, 7) is 4.36. The first-order valence-corrected chi connectivity index (χ1v) is 5.96. The summed E-state index contributed by atoms with van der Waals surface area (Å²) in [6, 6.07) is 4.21. The van der Waals surface area contributed by atoms with Crippen molar-refractivity contribution in [2.75, 3.05) is 11.9 Å². The summed E-state index contributed by atoms with van der Waals surface area (Å²) in [7, 11) is 2.03. The van der Waals surface area contributed by atoms with Gasteiger partial charge in [0, 0.05) is 19.3 Å². The lowest BCUT2D eigenvalue weighted by molar-refractivity contribution is 0.611. The number of thiocarbonyl (C=S) groups is 1. The van der Waals surface area contributed by atoms with Crippen LogP contribution in [0.15, 0.2) is 18.3 Å². The number of hydrogen-bond acceptors (Lipinski definition) is 3. The third-order valence-electron chi connectivity index (χ3n) is 2.75. The molecule has 0 aliphatic carbocycles. The minimum atomic E-state index is 0.402. The zero-order valence-electron chi connectivity index (χ0n) is 10.1. The first-order chi connectivity index (χ1) is 7.57. The number of nitrogens with two attached hydrogens (primary N) is 1. The van der Waals surface area contributed by atoms with Gasteiger partial charge in [-0.1, -0.05) is 25.6 Å². The Kier molecular flexibility index (Phi) is 4.68. The Hall–Kier alpha value is -1.16. The van der Waals surface area contributed by atoms with E-state index in [9.17, 15) is 0 Å². The van der Waals surface area contributed by atoms with Gasteiger partial charge in [0.2, 0.25) is 0 Å². The van der Waals surface area contributed by atoms with Crippen molar-refractivity contribution in [2.24, 2.45) is 5.73 Å². The number of anilines is 1. The molecule has 0 aliphatic rings. The third-order valence-corrected chi connectivity index (χ3v) is 2.97. The van der Waals surface area contributed by atoms with Crippen LogP contribution in [-0.2, 0) is 0 Å². The van der Waals surface area contributed by atoms with E-state index in [4.69, 9.17) is 18.0 Å². The molecule has 1 unspecified atom stereocenters. The summed E-state index contributed by atoms with van der Waals surface area (Å²) in [4.78, 5) is 6.90. The SMILES string of the molecule is CCCC(C)N(C)c1ncccc1C(N)=S. The van der Waals surface area contributed by atoms with Crippen molar-refractivity contribution in [3.05, 3.63) is 23.9 Å². The Morgan fingerprint density at radius 3 is 2.88 bits per heavy atom. The fourth-order valence-corrected chi connectivity index (χ4v) is 1.85. The summed E-state index contributed by atoms with van der Waals surface area (Å²) < 4.78 is 0. The van der Waals surface area contributed by atoms with E-state index in [0.29, 0.717) is 11.0 Å². The van der Waals surface area contributed by atoms with Gasteiger partial charge in [-0.15, -0.1) is 0 Å². The standard InChI is InChI=1S/C12H19N3S/c1-4-6-9(2)15(3)12-10(11(13)16)7-5-8-14-12/h5,7-9H,4,6H2,1-3H3,(H2,13,16). The van der Waals surface area contributed by atoms with Crippen molar-refractivity contribution in [3.63, 3.8) is 0 Å². The Labute approximate surface area is 103 Å². The second-order valence-corrected chi connectivity index (χ2v) is 4.43. The van der Waals surface area contributed by atoms with Crippen LogP contribution >= 0.6 is 12.2 Å². The smallest absolute Gasteiger partial charge is 0.138 e. The molecule has 0 bridgehead atoms. The predicted octanol–water partition coefficient (Wildman–Crippen LogP) is 2.34. The largest absolute Gasteiger partial charge is 0.389 e. The first-order valence-electron chi connectivity index (χ1n) is 5.55. The zero-order chi connectivity index (χ0) is 12.1. The highest BCUT2D eigenvalue weighted by molar-refractivity contribution is 7.80. The number of rotatable bonds is 5. The second kappa shape index (κ2) is 5.80. The van der Waals surface area contributed by atoms with Crippen LogP contribution in [0.5, 0.6) is 0 Å². The van der Waals surface area contributed by atoms with E-state index in [1.807, 2.05) is 19.2 Å². The van der Waals surface area contributed by atoms with Crippen molar-refractivity contribution in [1.29, 1.82) is 0 Å². The maximum Gasteiger partial charge on any atom is 0.138 e. The lowest BCUT2D eigenvalue weighted by Gasteiger charge is -2.27. The average molecular weight is 237 g/mol. The van der Waals surface area contributed by atoms with Crippen LogP contribution in [0.3, 0.4) is 0 Å². The van der Waals surface area contributed by atoms with Gasteiger partial charge in [0.1, 0.15) is 10.8 Å². The lowest BCUT2D eigenvalue weighted by atomic mass is 10.1. The van der Waals surface area contributed by atoms with Gasteiger partial charge in [0.25, 0.3) is 0 Å². The van der Waals surface area contributed by atoms with Gasteiger partial charge in [-0.25, -0.2) is 4.98 Å². The van der Waals surface area contributed by atoms with Crippen molar-refractivity contribution >= 4 is 23.0 Å². The molecular weight excluding hydrogens is 218 g/mol. The zero-order valence-corrected chi connectivity index (χ0v) is 10.9. The van der Waals surface area contributed by atoms with Gasteiger partial charge in [-0.05, 0) is 25.5 Å². The molecule has 0 saturated carbocycles. The topological polar surface area (TPSA) is 42.2 Å². The van der Waals surface area contributed by atoms with Gasteiger partial charge < -0.3 is 10.6 Å². The number of pyridine rings is 1. The summed E-state index contributed by atoms with van der Waals surface area (Å²) in [5.74, 6) is 0.871. The molecule has 1 rings (SSSR count). The molecule has 1 aromatic heterocycles. The molecule has 0 spiro atoms. The van der Waals surface area contributed by atoms with Crippen molar-refractivity contribution in [3.8, 4) is 0 Å². The molecule has 0 fully saturated rings. The van der Waals surface area contributed by atoms with Gasteiger partial charge in [0.15, 0.2) is 0 Å². The Morgan fingerprint density at radius 2 is 2.31 bits per heavy atom. The van der Waals surface area contributed by atoms with Crippen LogP contribution in [0.4, 0.5) is 5.82 Å². The minimum absolute atomic E-state index is 0.402. The molecule has 16 heavy (non-hydrogen) atoms.